The molecule has 0 aromatic carbocycles. The van der Waals surface area contributed by atoms with Gasteiger partial charge in [0, 0.05) is 0 Å². The van der Waals surface area contributed by atoms with Gasteiger partial charge in [-0.25, -0.2) is 0 Å². The average molecular weight is 232 g/mol. The second kappa shape index (κ2) is 6.80. The molecule has 0 spiro atoms. The Kier molecular flexibility index (Phi) is 5.06. The van der Waals surface area contributed by atoms with Crippen LogP contribution in [0.1, 0.15) is 51.4 Å². The van der Waals surface area contributed by atoms with Gasteiger partial charge in [0.15, 0.2) is 0 Å². The minimum Gasteiger partial charge on any atom is -0.393 e. The van der Waals surface area contributed by atoms with Gasteiger partial charge in [-0.1, -0.05) is 36.0 Å². The molecular weight excluding hydrogens is 208 g/mol. The summed E-state index contributed by atoms with van der Waals surface area (Å²) in [5, 5.41) is 9.42. The minimum atomic E-state index is -0.0396. The third-order valence-corrected chi connectivity index (χ3v) is 3.76. The molecule has 94 valence electrons. The molecule has 2 aliphatic carbocycles. The lowest BCUT2D eigenvalue weighted by molar-refractivity contribution is 0.180. The molecule has 2 atom stereocenters. The molecule has 2 rings (SSSR count). The Morgan fingerprint density at radius 3 is 2.94 bits per heavy atom. The van der Waals surface area contributed by atoms with E-state index in [0.29, 0.717) is 5.92 Å². The maximum Gasteiger partial charge on any atom is 0.0546 e. The van der Waals surface area contributed by atoms with Crippen LogP contribution in [0, 0.1) is 5.92 Å². The van der Waals surface area contributed by atoms with Crippen LogP contribution < -0.4 is 0 Å². The molecule has 17 heavy (non-hydrogen) atoms. The number of unbranched alkanes of at least 4 members (excludes halogenated alkanes) is 1. The van der Waals surface area contributed by atoms with Gasteiger partial charge in [-0.05, 0) is 57.3 Å². The van der Waals surface area contributed by atoms with Crippen LogP contribution in [0.2, 0.25) is 0 Å². The van der Waals surface area contributed by atoms with Crippen LogP contribution in [0.4, 0.5) is 0 Å². The van der Waals surface area contributed by atoms with Crippen molar-refractivity contribution in [2.45, 2.75) is 57.5 Å². The molecule has 0 aromatic heterocycles. The van der Waals surface area contributed by atoms with Crippen LogP contribution in [-0.4, -0.2) is 11.2 Å². The standard InChI is InChI=1S/C16H24O/c17-16-12-11-15(13-16)10-6-2-5-9-14-7-3-1-4-8-14/h3,6-8,10,15-17H,1-2,4-5,9,11-13H2/b10-6+/t15?,16-/m0/s1. The Labute approximate surface area is 105 Å². The SMILES string of the molecule is O[C@H]1CCC(/C=C/CCCC2=CCCC=C2)C1. The van der Waals surface area contributed by atoms with Crippen molar-refractivity contribution in [3.8, 4) is 0 Å². The number of hydrogen-bond donors (Lipinski definition) is 1. The summed E-state index contributed by atoms with van der Waals surface area (Å²) in [4.78, 5) is 0. The number of hydrogen-bond acceptors (Lipinski definition) is 1. The molecule has 0 heterocycles. The van der Waals surface area contributed by atoms with Crippen molar-refractivity contribution in [3.05, 3.63) is 36.0 Å². The van der Waals surface area contributed by atoms with Crippen LogP contribution in [0.25, 0.3) is 0 Å². The third-order valence-electron chi connectivity index (χ3n) is 3.76. The van der Waals surface area contributed by atoms with E-state index in [9.17, 15) is 5.11 Å². The van der Waals surface area contributed by atoms with Gasteiger partial charge in [0.2, 0.25) is 0 Å². The lowest BCUT2D eigenvalue weighted by Gasteiger charge is -2.05. The predicted molar refractivity (Wildman–Crippen MR) is 72.8 cm³/mol. The fraction of sp³-hybridized carbons (Fsp3) is 0.625. The molecule has 1 saturated carbocycles. The van der Waals surface area contributed by atoms with Crippen LogP contribution in [0.3, 0.4) is 0 Å². The highest BCUT2D eigenvalue weighted by Crippen LogP contribution is 2.26. The number of rotatable bonds is 5. The van der Waals surface area contributed by atoms with Crippen LogP contribution in [0.15, 0.2) is 36.0 Å². The van der Waals surface area contributed by atoms with Gasteiger partial charge < -0.3 is 5.11 Å². The van der Waals surface area contributed by atoms with Crippen molar-refractivity contribution in [2.75, 3.05) is 0 Å². The zero-order chi connectivity index (χ0) is 11.9. The Morgan fingerprint density at radius 1 is 1.29 bits per heavy atom. The predicted octanol–water partition coefficient (Wildman–Crippen LogP) is 4.15. The molecule has 0 aliphatic heterocycles. The molecular formula is C16H24O. The second-order valence-corrected chi connectivity index (χ2v) is 5.31. The van der Waals surface area contributed by atoms with Gasteiger partial charge in [-0.3, -0.25) is 0 Å². The molecule has 0 bridgehead atoms. The first-order valence-corrected chi connectivity index (χ1v) is 7.05. The molecule has 1 nitrogen and oxygen atoms in total. The fourth-order valence-corrected chi connectivity index (χ4v) is 2.73. The van der Waals surface area contributed by atoms with E-state index < -0.39 is 0 Å². The van der Waals surface area contributed by atoms with E-state index >= 15 is 0 Å². The van der Waals surface area contributed by atoms with E-state index in [0.717, 1.165) is 12.8 Å². The zero-order valence-corrected chi connectivity index (χ0v) is 10.6. The molecule has 2 aliphatic rings. The van der Waals surface area contributed by atoms with Gasteiger partial charge in [0.05, 0.1) is 6.10 Å². The minimum absolute atomic E-state index is 0.0396. The normalized spacial score (nSPS) is 28.9. The van der Waals surface area contributed by atoms with E-state index in [2.05, 4.69) is 30.4 Å². The van der Waals surface area contributed by atoms with Crippen molar-refractivity contribution in [2.24, 2.45) is 5.92 Å². The number of aliphatic hydroxyl groups is 1. The summed E-state index contributed by atoms with van der Waals surface area (Å²) in [7, 11) is 0. The summed E-state index contributed by atoms with van der Waals surface area (Å²) in [6, 6.07) is 0. The Hall–Kier alpha value is -0.820. The lowest BCUT2D eigenvalue weighted by Crippen LogP contribution is -1.98. The smallest absolute Gasteiger partial charge is 0.0546 e. The maximum absolute atomic E-state index is 9.42. The van der Waals surface area contributed by atoms with Crippen molar-refractivity contribution in [3.63, 3.8) is 0 Å². The highest BCUT2D eigenvalue weighted by molar-refractivity contribution is 5.21. The average Bonchev–Trinajstić information content (AvgIpc) is 2.76. The first kappa shape index (κ1) is 12.6. The number of aliphatic hydroxyl groups excluding tert-OH is 1. The first-order chi connectivity index (χ1) is 8.34. The summed E-state index contributed by atoms with van der Waals surface area (Å²) in [6.45, 7) is 0. The van der Waals surface area contributed by atoms with Crippen molar-refractivity contribution in [1.82, 2.24) is 0 Å². The summed E-state index contributed by atoms with van der Waals surface area (Å²) in [6.07, 6.45) is 20.8. The monoisotopic (exact) mass is 232 g/mol. The van der Waals surface area contributed by atoms with Gasteiger partial charge in [0.25, 0.3) is 0 Å². The zero-order valence-electron chi connectivity index (χ0n) is 10.6. The highest BCUT2D eigenvalue weighted by Gasteiger charge is 2.19. The first-order valence-electron chi connectivity index (χ1n) is 7.05. The summed E-state index contributed by atoms with van der Waals surface area (Å²) >= 11 is 0. The van der Waals surface area contributed by atoms with E-state index in [1.807, 2.05) is 0 Å². The molecule has 1 N–H and O–H groups in total. The molecule has 0 radical (unpaired) electrons. The summed E-state index contributed by atoms with van der Waals surface area (Å²) in [5.41, 5.74) is 1.51. The van der Waals surface area contributed by atoms with Gasteiger partial charge in [-0.15, -0.1) is 0 Å². The van der Waals surface area contributed by atoms with Gasteiger partial charge in [0.1, 0.15) is 0 Å². The fourth-order valence-electron chi connectivity index (χ4n) is 2.73. The quantitative estimate of drug-likeness (QED) is 0.557. The van der Waals surface area contributed by atoms with Crippen LogP contribution in [-0.2, 0) is 0 Å². The topological polar surface area (TPSA) is 20.2 Å². The van der Waals surface area contributed by atoms with E-state index in [1.165, 1.54) is 44.1 Å². The molecule has 0 saturated heterocycles. The van der Waals surface area contributed by atoms with Crippen molar-refractivity contribution < 1.29 is 5.11 Å². The molecule has 0 amide bonds. The summed E-state index contributed by atoms with van der Waals surface area (Å²) < 4.78 is 0. The van der Waals surface area contributed by atoms with Crippen molar-refractivity contribution in [1.29, 1.82) is 0 Å². The maximum atomic E-state index is 9.42. The summed E-state index contributed by atoms with van der Waals surface area (Å²) in [5.74, 6) is 0.638. The van der Waals surface area contributed by atoms with E-state index in [-0.39, 0.29) is 6.10 Å². The van der Waals surface area contributed by atoms with Gasteiger partial charge >= 0.3 is 0 Å². The van der Waals surface area contributed by atoms with E-state index in [4.69, 9.17) is 0 Å². The van der Waals surface area contributed by atoms with Crippen LogP contribution in [0.5, 0.6) is 0 Å². The van der Waals surface area contributed by atoms with E-state index in [1.54, 1.807) is 0 Å². The number of allylic oxidation sites excluding steroid dienone is 6. The Bertz CT molecular complexity index is 311. The lowest BCUT2D eigenvalue weighted by atomic mass is 10.0. The molecule has 0 aromatic rings. The second-order valence-electron chi connectivity index (χ2n) is 5.31. The molecule has 1 unspecified atom stereocenters. The Morgan fingerprint density at radius 2 is 2.24 bits per heavy atom. The Balaban J connectivity index is 1.58. The van der Waals surface area contributed by atoms with Crippen LogP contribution >= 0.6 is 0 Å². The molecule has 1 heteroatoms. The van der Waals surface area contributed by atoms with Gasteiger partial charge in [-0.2, -0.15) is 0 Å². The van der Waals surface area contributed by atoms with Crippen molar-refractivity contribution >= 4 is 0 Å². The third kappa shape index (κ3) is 4.51. The molecule has 1 fully saturated rings. The highest BCUT2D eigenvalue weighted by atomic mass is 16.3. The largest absolute Gasteiger partial charge is 0.393 e.